The van der Waals surface area contributed by atoms with Crippen molar-refractivity contribution < 1.29 is 9.13 Å². The minimum absolute atomic E-state index is 0.452. The molecule has 0 saturated carbocycles. The highest BCUT2D eigenvalue weighted by atomic mass is 15.3. The first-order valence-electron chi connectivity index (χ1n) is 11.5. The quantitative estimate of drug-likeness (QED) is 0.273. The number of rotatable bonds is 0. The van der Waals surface area contributed by atoms with E-state index in [4.69, 9.17) is 0 Å². The topological polar surface area (TPSA) is 7.76 Å². The summed E-state index contributed by atoms with van der Waals surface area (Å²) in [6.07, 6.45) is 4.57. The Morgan fingerprint density at radius 2 is 0.848 bits per heavy atom. The fraction of sp³-hybridized carbons (Fsp3) is 0.0323. The fourth-order valence-corrected chi connectivity index (χ4v) is 6.29. The van der Waals surface area contributed by atoms with Gasteiger partial charge in [0, 0.05) is 12.1 Å². The molecule has 4 heterocycles. The van der Waals surface area contributed by atoms with Crippen molar-refractivity contribution in [2.75, 3.05) is 0 Å². The third-order valence-corrected chi connectivity index (χ3v) is 7.53. The molecule has 0 N–H and O–H groups in total. The van der Waals surface area contributed by atoms with Crippen molar-refractivity contribution in [3.05, 3.63) is 133 Å². The molecule has 0 radical (unpaired) electrons. The summed E-state index contributed by atoms with van der Waals surface area (Å²) in [5.41, 5.74) is 7.38. The van der Waals surface area contributed by atoms with Gasteiger partial charge in [-0.15, -0.1) is 9.13 Å². The molecule has 0 fully saturated rings. The van der Waals surface area contributed by atoms with Crippen molar-refractivity contribution in [3.63, 3.8) is 0 Å². The lowest BCUT2D eigenvalue weighted by molar-refractivity contribution is -0.954. The van der Waals surface area contributed by atoms with Gasteiger partial charge in [-0.2, -0.15) is 0 Å². The molecule has 8 rings (SSSR count). The summed E-state index contributed by atoms with van der Waals surface area (Å²) < 4.78 is 5.01. The lowest BCUT2D eigenvalue weighted by atomic mass is 9.90. The third-order valence-electron chi connectivity index (χ3n) is 7.53. The van der Waals surface area contributed by atoms with E-state index < -0.39 is 5.66 Å². The first-order chi connectivity index (χ1) is 16.4. The average Bonchev–Trinajstić information content (AvgIpc) is 3.36. The lowest BCUT2D eigenvalue weighted by Crippen LogP contribution is -2.71. The van der Waals surface area contributed by atoms with Crippen LogP contribution in [-0.4, -0.2) is 0 Å². The predicted octanol–water partition coefficient (Wildman–Crippen LogP) is 5.83. The molecule has 4 aromatic carbocycles. The zero-order chi connectivity index (χ0) is 21.6. The van der Waals surface area contributed by atoms with Gasteiger partial charge in [0.25, 0.3) is 0 Å². The van der Waals surface area contributed by atoms with E-state index in [9.17, 15) is 0 Å². The Labute approximate surface area is 191 Å². The zero-order valence-electron chi connectivity index (χ0n) is 17.9. The van der Waals surface area contributed by atoms with Crippen molar-refractivity contribution in [2.45, 2.75) is 5.66 Å². The van der Waals surface area contributed by atoms with E-state index in [0.29, 0.717) is 0 Å². The minimum Gasteiger partial charge on any atom is -0.125 e. The maximum atomic E-state index is 2.50. The molecule has 2 nitrogen and oxygen atoms in total. The molecule has 0 atom stereocenters. The molecular weight excluding hydrogens is 400 g/mol. The number of nitrogens with zero attached hydrogens (tertiary/aromatic N) is 2. The van der Waals surface area contributed by atoms with Crippen LogP contribution in [0.5, 0.6) is 0 Å². The summed E-state index contributed by atoms with van der Waals surface area (Å²) in [5, 5.41) is 5.12. The molecule has 2 heteroatoms. The Morgan fingerprint density at radius 1 is 0.424 bits per heavy atom. The smallest absolute Gasteiger partial charge is 0.125 e. The summed E-state index contributed by atoms with van der Waals surface area (Å²) in [6.45, 7) is 0. The van der Waals surface area contributed by atoms with E-state index in [1.165, 1.54) is 55.2 Å². The molecule has 0 aliphatic carbocycles. The normalized spacial score (nSPS) is 14.3. The van der Waals surface area contributed by atoms with Gasteiger partial charge >= 0.3 is 5.66 Å². The maximum absolute atomic E-state index is 2.50. The van der Waals surface area contributed by atoms with Gasteiger partial charge in [0.1, 0.15) is 11.1 Å². The van der Waals surface area contributed by atoms with Crippen LogP contribution in [0, 0.1) is 0 Å². The van der Waals surface area contributed by atoms with Crippen LogP contribution in [0.25, 0.3) is 44.1 Å². The van der Waals surface area contributed by atoms with Gasteiger partial charge in [-0.25, -0.2) is 0 Å². The van der Waals surface area contributed by atoms with E-state index in [1.54, 1.807) is 0 Å². The van der Waals surface area contributed by atoms with E-state index in [0.717, 1.165) is 0 Å². The first-order valence-corrected chi connectivity index (χ1v) is 11.5. The van der Waals surface area contributed by atoms with Gasteiger partial charge in [-0.3, -0.25) is 0 Å². The van der Waals surface area contributed by atoms with Crippen LogP contribution in [0.1, 0.15) is 11.1 Å². The van der Waals surface area contributed by atoms with Gasteiger partial charge in [0.15, 0.2) is 12.4 Å². The van der Waals surface area contributed by atoms with E-state index in [-0.39, 0.29) is 0 Å². The van der Waals surface area contributed by atoms with Crippen LogP contribution in [0.3, 0.4) is 0 Å². The highest BCUT2D eigenvalue weighted by Crippen LogP contribution is 2.49. The first kappa shape index (κ1) is 17.3. The second-order valence-electron chi connectivity index (χ2n) is 9.01. The summed E-state index contributed by atoms with van der Waals surface area (Å²) in [5.74, 6) is 0. The molecular formula is C31H20N2+2. The molecule has 2 aromatic heterocycles. The summed E-state index contributed by atoms with van der Waals surface area (Å²) in [6, 6.07) is 39.9. The average molecular weight is 421 g/mol. The molecule has 0 amide bonds. The summed E-state index contributed by atoms with van der Waals surface area (Å²) in [4.78, 5) is 0. The molecule has 33 heavy (non-hydrogen) atoms. The largest absolute Gasteiger partial charge is 0.417 e. The second kappa shape index (κ2) is 5.93. The number of benzene rings is 4. The lowest BCUT2D eigenvalue weighted by Gasteiger charge is -2.17. The van der Waals surface area contributed by atoms with Crippen LogP contribution in [0.4, 0.5) is 0 Å². The fourth-order valence-electron chi connectivity index (χ4n) is 6.29. The van der Waals surface area contributed by atoms with Crippen molar-refractivity contribution >= 4 is 21.5 Å². The number of hydrogen-bond donors (Lipinski definition) is 0. The summed E-state index contributed by atoms with van der Waals surface area (Å²) >= 11 is 0. The van der Waals surface area contributed by atoms with Crippen molar-refractivity contribution in [1.82, 2.24) is 0 Å². The van der Waals surface area contributed by atoms with Gasteiger partial charge < -0.3 is 0 Å². The highest BCUT2D eigenvalue weighted by molar-refractivity contribution is 5.97. The number of fused-ring (bicyclic) bond motifs is 14. The monoisotopic (exact) mass is 420 g/mol. The molecule has 2 aliphatic heterocycles. The number of hydrogen-bond acceptors (Lipinski definition) is 0. The molecule has 1 spiro atoms. The van der Waals surface area contributed by atoms with Crippen LogP contribution >= 0.6 is 0 Å². The molecule has 0 bridgehead atoms. The van der Waals surface area contributed by atoms with Crippen LogP contribution < -0.4 is 9.13 Å². The highest BCUT2D eigenvalue weighted by Gasteiger charge is 2.66. The number of pyridine rings is 2. The van der Waals surface area contributed by atoms with Crippen LogP contribution in [0.15, 0.2) is 122 Å². The summed E-state index contributed by atoms with van der Waals surface area (Å²) in [7, 11) is 0. The van der Waals surface area contributed by atoms with Crippen molar-refractivity contribution in [1.29, 1.82) is 0 Å². The zero-order valence-corrected chi connectivity index (χ0v) is 17.9. The Morgan fingerprint density at radius 3 is 1.36 bits per heavy atom. The third kappa shape index (κ3) is 1.92. The van der Waals surface area contributed by atoms with E-state index in [1.807, 2.05) is 0 Å². The van der Waals surface area contributed by atoms with Gasteiger partial charge in [0.05, 0.1) is 21.9 Å². The van der Waals surface area contributed by atoms with Crippen LogP contribution in [0.2, 0.25) is 0 Å². The van der Waals surface area contributed by atoms with Crippen molar-refractivity contribution in [2.24, 2.45) is 0 Å². The standard InChI is InChI=1S/C31H20N2/c1-3-11-23-21(9-1)17-19-32-29(23)25-13-5-7-15-27(25)31(32)28-16-8-6-14-26(28)30-24-12-4-2-10-22(24)18-20-33(30)31/h1-20H/q+2. The Hall–Kier alpha value is -4.30. The van der Waals surface area contributed by atoms with Gasteiger partial charge in [-0.05, 0) is 47.2 Å². The SMILES string of the molecule is c1ccc2c(c1)-c1c3ccccc3cc[n+]1C21c2ccccc2-c2c3ccccc3cc[n+]21. The molecule has 2 aliphatic rings. The molecule has 6 aromatic rings. The Balaban J connectivity index is 1.64. The van der Waals surface area contributed by atoms with E-state index >= 15 is 0 Å². The van der Waals surface area contributed by atoms with Gasteiger partial charge in [-0.1, -0.05) is 60.7 Å². The Bertz CT molecular complexity index is 1650. The second-order valence-corrected chi connectivity index (χ2v) is 9.01. The molecule has 152 valence electrons. The molecule has 0 saturated heterocycles. The minimum atomic E-state index is -0.452. The molecule has 0 unspecified atom stereocenters. The van der Waals surface area contributed by atoms with Crippen LogP contribution in [-0.2, 0) is 5.66 Å². The predicted molar refractivity (Wildman–Crippen MR) is 131 cm³/mol. The number of aromatic nitrogens is 2. The van der Waals surface area contributed by atoms with Crippen molar-refractivity contribution in [3.8, 4) is 22.5 Å². The van der Waals surface area contributed by atoms with Gasteiger partial charge in [0.2, 0.25) is 11.4 Å². The maximum Gasteiger partial charge on any atom is 0.417 e. The van der Waals surface area contributed by atoms with E-state index in [2.05, 4.69) is 131 Å². The Kier molecular flexibility index (Phi) is 3.11.